The molecule has 1 aromatic carbocycles. The fourth-order valence-corrected chi connectivity index (χ4v) is 1.77. The average Bonchev–Trinajstić information content (AvgIpc) is 2.43. The molecule has 0 saturated carbocycles. The highest BCUT2D eigenvalue weighted by Gasteiger charge is 2.05. The Morgan fingerprint density at radius 3 is 2.84 bits per heavy atom. The standard InChI is InChI=1S/C17H25NO/c1-5-11-18-15(4)14(3)13-16-9-7-8-10-17(16)19-12-6-2/h6-10,13,15,18H,2,5,11-12H2,1,3-4H3/b14-13+. The van der Waals surface area contributed by atoms with Crippen LogP contribution in [0.15, 0.2) is 42.5 Å². The van der Waals surface area contributed by atoms with Gasteiger partial charge in [-0.05, 0) is 32.9 Å². The number of nitrogens with one attached hydrogen (secondary N) is 1. The van der Waals surface area contributed by atoms with E-state index in [2.05, 4.69) is 44.8 Å². The van der Waals surface area contributed by atoms with E-state index >= 15 is 0 Å². The topological polar surface area (TPSA) is 21.3 Å². The molecular weight excluding hydrogens is 234 g/mol. The molecule has 2 heteroatoms. The molecule has 0 amide bonds. The van der Waals surface area contributed by atoms with Crippen molar-refractivity contribution in [2.24, 2.45) is 0 Å². The van der Waals surface area contributed by atoms with Crippen molar-refractivity contribution >= 4 is 6.08 Å². The number of hydrogen-bond donors (Lipinski definition) is 1. The van der Waals surface area contributed by atoms with E-state index in [1.807, 2.05) is 18.2 Å². The molecule has 0 aliphatic heterocycles. The van der Waals surface area contributed by atoms with E-state index in [0.717, 1.165) is 24.3 Å². The molecule has 0 saturated heterocycles. The normalized spacial score (nSPS) is 13.1. The van der Waals surface area contributed by atoms with Crippen molar-refractivity contribution in [2.45, 2.75) is 33.2 Å². The van der Waals surface area contributed by atoms with Crippen LogP contribution in [-0.2, 0) is 0 Å². The lowest BCUT2D eigenvalue weighted by molar-refractivity contribution is 0.362. The maximum absolute atomic E-state index is 5.67. The summed E-state index contributed by atoms with van der Waals surface area (Å²) in [5.74, 6) is 0.907. The maximum Gasteiger partial charge on any atom is 0.126 e. The minimum atomic E-state index is 0.382. The summed E-state index contributed by atoms with van der Waals surface area (Å²) < 4.78 is 5.67. The van der Waals surface area contributed by atoms with Gasteiger partial charge in [-0.3, -0.25) is 0 Å². The summed E-state index contributed by atoms with van der Waals surface area (Å²) >= 11 is 0. The third-order valence-corrected chi connectivity index (χ3v) is 3.04. The fourth-order valence-electron chi connectivity index (χ4n) is 1.77. The lowest BCUT2D eigenvalue weighted by Gasteiger charge is -2.15. The molecule has 0 fully saturated rings. The molecular formula is C17H25NO. The van der Waals surface area contributed by atoms with Gasteiger partial charge in [0.1, 0.15) is 12.4 Å². The van der Waals surface area contributed by atoms with Gasteiger partial charge >= 0.3 is 0 Å². The molecule has 104 valence electrons. The first-order valence-corrected chi connectivity index (χ1v) is 6.93. The van der Waals surface area contributed by atoms with Crippen LogP contribution in [0.25, 0.3) is 6.08 Å². The van der Waals surface area contributed by atoms with Crippen molar-refractivity contribution in [1.82, 2.24) is 5.32 Å². The van der Waals surface area contributed by atoms with E-state index in [0.29, 0.717) is 12.6 Å². The zero-order valence-electron chi connectivity index (χ0n) is 12.3. The second kappa shape index (κ2) is 8.54. The minimum absolute atomic E-state index is 0.382. The maximum atomic E-state index is 5.67. The van der Waals surface area contributed by atoms with Crippen molar-refractivity contribution < 1.29 is 4.74 Å². The number of benzene rings is 1. The highest BCUT2D eigenvalue weighted by atomic mass is 16.5. The minimum Gasteiger partial charge on any atom is -0.489 e. The van der Waals surface area contributed by atoms with Gasteiger partial charge in [0.25, 0.3) is 0 Å². The van der Waals surface area contributed by atoms with Crippen molar-refractivity contribution in [3.63, 3.8) is 0 Å². The van der Waals surface area contributed by atoms with Crippen LogP contribution in [0.1, 0.15) is 32.8 Å². The smallest absolute Gasteiger partial charge is 0.126 e. The van der Waals surface area contributed by atoms with E-state index in [1.165, 1.54) is 5.57 Å². The third kappa shape index (κ3) is 5.31. The largest absolute Gasteiger partial charge is 0.489 e. The highest BCUT2D eigenvalue weighted by Crippen LogP contribution is 2.21. The quantitative estimate of drug-likeness (QED) is 0.711. The molecule has 0 heterocycles. The molecule has 19 heavy (non-hydrogen) atoms. The van der Waals surface area contributed by atoms with Crippen LogP contribution in [-0.4, -0.2) is 19.2 Å². The Morgan fingerprint density at radius 1 is 1.42 bits per heavy atom. The summed E-state index contributed by atoms with van der Waals surface area (Å²) in [6.45, 7) is 11.8. The predicted octanol–water partition coefficient (Wildman–Crippen LogP) is 4.04. The molecule has 0 radical (unpaired) electrons. The first kappa shape index (κ1) is 15.5. The van der Waals surface area contributed by atoms with Gasteiger partial charge in [0, 0.05) is 11.6 Å². The Bertz CT molecular complexity index is 423. The third-order valence-electron chi connectivity index (χ3n) is 3.04. The molecule has 2 nitrogen and oxygen atoms in total. The Hall–Kier alpha value is -1.54. The predicted molar refractivity (Wildman–Crippen MR) is 83.5 cm³/mol. The molecule has 0 aliphatic carbocycles. The van der Waals surface area contributed by atoms with Crippen molar-refractivity contribution in [3.8, 4) is 5.75 Å². The van der Waals surface area contributed by atoms with E-state index < -0.39 is 0 Å². The first-order valence-electron chi connectivity index (χ1n) is 6.93. The van der Waals surface area contributed by atoms with Gasteiger partial charge in [-0.1, -0.05) is 49.4 Å². The summed E-state index contributed by atoms with van der Waals surface area (Å²) in [6.07, 6.45) is 5.10. The zero-order valence-corrected chi connectivity index (χ0v) is 12.3. The van der Waals surface area contributed by atoms with Crippen molar-refractivity contribution in [1.29, 1.82) is 0 Å². The van der Waals surface area contributed by atoms with E-state index in [4.69, 9.17) is 4.74 Å². The Kier molecular flexibility index (Phi) is 6.98. The van der Waals surface area contributed by atoms with E-state index in [-0.39, 0.29) is 0 Å². The summed E-state index contributed by atoms with van der Waals surface area (Å²) in [5.41, 5.74) is 2.43. The Balaban J connectivity index is 2.81. The fraction of sp³-hybridized carbons (Fsp3) is 0.412. The summed E-state index contributed by atoms with van der Waals surface area (Å²) in [5, 5.41) is 3.49. The van der Waals surface area contributed by atoms with E-state index in [1.54, 1.807) is 6.08 Å². The van der Waals surface area contributed by atoms with Gasteiger partial charge in [-0.25, -0.2) is 0 Å². The molecule has 0 aliphatic rings. The Morgan fingerprint density at radius 2 is 2.16 bits per heavy atom. The first-order chi connectivity index (χ1) is 9.19. The lowest BCUT2D eigenvalue weighted by Crippen LogP contribution is -2.27. The number of hydrogen-bond acceptors (Lipinski definition) is 2. The van der Waals surface area contributed by atoms with Crippen molar-refractivity contribution in [3.05, 3.63) is 48.1 Å². The molecule has 1 rings (SSSR count). The summed E-state index contributed by atoms with van der Waals surface area (Å²) in [7, 11) is 0. The van der Waals surface area contributed by atoms with Crippen LogP contribution in [0, 0.1) is 0 Å². The number of para-hydroxylation sites is 1. The van der Waals surface area contributed by atoms with Gasteiger partial charge in [0.15, 0.2) is 0 Å². The summed E-state index contributed by atoms with van der Waals surface area (Å²) in [4.78, 5) is 0. The average molecular weight is 259 g/mol. The SMILES string of the molecule is C=CCOc1ccccc1/C=C(\C)C(C)NCCC. The van der Waals surface area contributed by atoms with Gasteiger partial charge in [-0.15, -0.1) is 0 Å². The molecule has 1 N–H and O–H groups in total. The molecule has 1 aromatic rings. The number of rotatable bonds is 8. The van der Waals surface area contributed by atoms with E-state index in [9.17, 15) is 0 Å². The molecule has 1 unspecified atom stereocenters. The van der Waals surface area contributed by atoms with Gasteiger partial charge in [-0.2, -0.15) is 0 Å². The van der Waals surface area contributed by atoms with Crippen LogP contribution >= 0.6 is 0 Å². The van der Waals surface area contributed by atoms with Gasteiger partial charge in [0.05, 0.1) is 0 Å². The lowest BCUT2D eigenvalue weighted by atomic mass is 10.1. The van der Waals surface area contributed by atoms with Crippen LogP contribution in [0.3, 0.4) is 0 Å². The summed E-state index contributed by atoms with van der Waals surface area (Å²) in [6, 6.07) is 8.47. The van der Waals surface area contributed by atoms with Gasteiger partial charge < -0.3 is 10.1 Å². The van der Waals surface area contributed by atoms with Crippen LogP contribution in [0.5, 0.6) is 5.75 Å². The zero-order chi connectivity index (χ0) is 14.1. The van der Waals surface area contributed by atoms with Gasteiger partial charge in [0.2, 0.25) is 0 Å². The molecule has 0 bridgehead atoms. The van der Waals surface area contributed by atoms with Crippen LogP contribution in [0.2, 0.25) is 0 Å². The van der Waals surface area contributed by atoms with Crippen molar-refractivity contribution in [2.75, 3.05) is 13.2 Å². The van der Waals surface area contributed by atoms with Crippen LogP contribution < -0.4 is 10.1 Å². The Labute approximate surface area is 117 Å². The monoisotopic (exact) mass is 259 g/mol. The molecule has 1 atom stereocenters. The second-order valence-electron chi connectivity index (χ2n) is 4.70. The number of ether oxygens (including phenoxy) is 1. The highest BCUT2D eigenvalue weighted by molar-refractivity contribution is 5.60. The second-order valence-corrected chi connectivity index (χ2v) is 4.70. The van der Waals surface area contributed by atoms with Crippen LogP contribution in [0.4, 0.5) is 0 Å². The molecule has 0 spiro atoms. The molecule has 0 aromatic heterocycles.